The van der Waals surface area contributed by atoms with E-state index in [1.54, 1.807) is 6.07 Å². The van der Waals surface area contributed by atoms with E-state index in [9.17, 15) is 14.0 Å². The zero-order valence-electron chi connectivity index (χ0n) is 13.0. The van der Waals surface area contributed by atoms with Crippen LogP contribution in [-0.4, -0.2) is 16.7 Å². The van der Waals surface area contributed by atoms with E-state index in [0.717, 1.165) is 0 Å². The number of nitrogens with zero attached hydrogens (tertiary/aromatic N) is 1. The quantitative estimate of drug-likeness (QED) is 0.776. The first-order valence-corrected chi connectivity index (χ1v) is 7.86. The van der Waals surface area contributed by atoms with Crippen molar-refractivity contribution in [2.75, 3.05) is 0 Å². The number of fused-ring (bicyclic) bond motifs is 2. The van der Waals surface area contributed by atoms with Crippen LogP contribution in [0, 0.1) is 22.6 Å². The number of rotatable bonds is 2. The summed E-state index contributed by atoms with van der Waals surface area (Å²) in [5.74, 6) is -1.10. The standard InChI is InChI=1S/C17H19ClFNO2/c1-16(2)11-7-8-17(16,3)15(22)20(14(11)21)9-10-12(18)5-4-6-13(10)19/h4-6,11H,7-9H2,1-3H3. The Bertz CT molecular complexity index is 652. The highest BCUT2D eigenvalue weighted by Gasteiger charge is 2.64. The summed E-state index contributed by atoms with van der Waals surface area (Å²) in [6.45, 7) is 5.78. The highest BCUT2D eigenvalue weighted by molar-refractivity contribution is 6.31. The molecule has 1 aromatic carbocycles. The number of benzene rings is 1. The van der Waals surface area contributed by atoms with Gasteiger partial charge in [-0.3, -0.25) is 14.5 Å². The van der Waals surface area contributed by atoms with Crippen LogP contribution in [0.4, 0.5) is 4.39 Å². The predicted octanol–water partition coefficient (Wildman–Crippen LogP) is 3.79. The fourth-order valence-electron chi connectivity index (χ4n) is 3.89. The minimum atomic E-state index is -0.580. The van der Waals surface area contributed by atoms with Gasteiger partial charge in [-0.05, 0) is 30.4 Å². The summed E-state index contributed by atoms with van der Waals surface area (Å²) in [5.41, 5.74) is -0.742. The Morgan fingerprint density at radius 1 is 1.32 bits per heavy atom. The Hall–Kier alpha value is -1.42. The SMILES string of the molecule is CC12CCC(C(=O)N(Cc3c(F)cccc3Cl)C1=O)C2(C)C. The van der Waals surface area contributed by atoms with Crippen LogP contribution >= 0.6 is 11.6 Å². The molecule has 3 nitrogen and oxygen atoms in total. The number of carbonyl (C=O) groups excluding carboxylic acids is 2. The molecule has 2 unspecified atom stereocenters. The number of hydrogen-bond donors (Lipinski definition) is 0. The topological polar surface area (TPSA) is 37.4 Å². The largest absolute Gasteiger partial charge is 0.277 e. The van der Waals surface area contributed by atoms with E-state index in [1.807, 2.05) is 20.8 Å². The second-order valence-corrected chi connectivity index (χ2v) is 7.48. The highest BCUT2D eigenvalue weighted by atomic mass is 35.5. The molecule has 2 atom stereocenters. The molecule has 2 fully saturated rings. The first kappa shape index (κ1) is 15.5. The van der Waals surface area contributed by atoms with Crippen LogP contribution in [0.5, 0.6) is 0 Å². The Morgan fingerprint density at radius 3 is 2.64 bits per heavy atom. The summed E-state index contributed by atoms with van der Waals surface area (Å²) in [7, 11) is 0. The number of amides is 2. The molecule has 1 saturated carbocycles. The van der Waals surface area contributed by atoms with Crippen molar-refractivity contribution in [3.8, 4) is 0 Å². The maximum atomic E-state index is 14.0. The van der Waals surface area contributed by atoms with Crippen molar-refractivity contribution in [3.63, 3.8) is 0 Å². The molecular weight excluding hydrogens is 305 g/mol. The van der Waals surface area contributed by atoms with Gasteiger partial charge in [0.25, 0.3) is 0 Å². The van der Waals surface area contributed by atoms with Gasteiger partial charge in [0.2, 0.25) is 11.8 Å². The van der Waals surface area contributed by atoms with Crippen molar-refractivity contribution in [2.24, 2.45) is 16.7 Å². The van der Waals surface area contributed by atoms with Gasteiger partial charge in [0.15, 0.2) is 0 Å². The molecule has 0 radical (unpaired) electrons. The van der Waals surface area contributed by atoms with E-state index in [2.05, 4.69) is 0 Å². The van der Waals surface area contributed by atoms with E-state index in [1.165, 1.54) is 17.0 Å². The summed E-state index contributed by atoms with van der Waals surface area (Å²) in [6.07, 6.45) is 1.40. The summed E-state index contributed by atoms with van der Waals surface area (Å²) in [6, 6.07) is 4.37. The van der Waals surface area contributed by atoms with Gasteiger partial charge < -0.3 is 0 Å². The Balaban J connectivity index is 2.00. The molecule has 1 heterocycles. The molecule has 118 valence electrons. The average molecular weight is 324 g/mol. The highest BCUT2D eigenvalue weighted by Crippen LogP contribution is 2.60. The maximum absolute atomic E-state index is 14.0. The number of hydrogen-bond acceptors (Lipinski definition) is 2. The predicted molar refractivity (Wildman–Crippen MR) is 81.6 cm³/mol. The Morgan fingerprint density at radius 2 is 2.00 bits per heavy atom. The molecule has 0 N–H and O–H groups in total. The monoisotopic (exact) mass is 323 g/mol. The lowest BCUT2D eigenvalue weighted by Crippen LogP contribution is -2.58. The molecule has 0 spiro atoms. The van der Waals surface area contributed by atoms with Gasteiger partial charge in [-0.2, -0.15) is 0 Å². The van der Waals surface area contributed by atoms with Crippen molar-refractivity contribution in [2.45, 2.75) is 40.2 Å². The van der Waals surface area contributed by atoms with Crippen molar-refractivity contribution < 1.29 is 14.0 Å². The molecule has 2 bridgehead atoms. The van der Waals surface area contributed by atoms with E-state index in [0.29, 0.717) is 12.8 Å². The molecule has 3 rings (SSSR count). The van der Waals surface area contributed by atoms with Crippen molar-refractivity contribution in [1.29, 1.82) is 0 Å². The number of imide groups is 1. The summed E-state index contributed by atoms with van der Waals surface area (Å²) >= 11 is 6.03. The molecule has 22 heavy (non-hydrogen) atoms. The molecule has 1 saturated heterocycles. The molecule has 5 heteroatoms. The van der Waals surface area contributed by atoms with Gasteiger partial charge in [0, 0.05) is 16.5 Å². The van der Waals surface area contributed by atoms with Gasteiger partial charge in [0.05, 0.1) is 12.0 Å². The lowest BCUT2D eigenvalue weighted by molar-refractivity contribution is -0.168. The smallest absolute Gasteiger partial charge is 0.235 e. The van der Waals surface area contributed by atoms with Gasteiger partial charge in [-0.1, -0.05) is 38.4 Å². The molecular formula is C17H19ClFNO2. The first-order valence-electron chi connectivity index (χ1n) is 7.49. The third kappa shape index (κ3) is 1.86. The summed E-state index contributed by atoms with van der Waals surface area (Å²) in [5, 5.41) is 0.239. The second-order valence-electron chi connectivity index (χ2n) is 7.07. The summed E-state index contributed by atoms with van der Waals surface area (Å²) < 4.78 is 14.0. The number of halogens is 2. The first-order chi connectivity index (χ1) is 10.2. The van der Waals surface area contributed by atoms with Gasteiger partial charge in [0.1, 0.15) is 5.82 Å². The molecule has 2 amide bonds. The van der Waals surface area contributed by atoms with Crippen LogP contribution in [0.2, 0.25) is 5.02 Å². The third-order valence-electron chi connectivity index (χ3n) is 5.89. The molecule has 1 aromatic rings. The minimum Gasteiger partial charge on any atom is -0.277 e. The van der Waals surface area contributed by atoms with Crippen molar-refractivity contribution in [3.05, 3.63) is 34.6 Å². The molecule has 0 aromatic heterocycles. The van der Waals surface area contributed by atoms with E-state index < -0.39 is 11.2 Å². The van der Waals surface area contributed by atoms with Crippen LogP contribution in [0.1, 0.15) is 39.2 Å². The number of carbonyl (C=O) groups is 2. The second kappa shape index (κ2) is 4.79. The van der Waals surface area contributed by atoms with Crippen LogP contribution in [0.25, 0.3) is 0 Å². The fourth-order valence-corrected chi connectivity index (χ4v) is 4.12. The normalized spacial score (nSPS) is 30.0. The van der Waals surface area contributed by atoms with E-state index >= 15 is 0 Å². The van der Waals surface area contributed by atoms with Crippen LogP contribution in [-0.2, 0) is 16.1 Å². The van der Waals surface area contributed by atoms with Crippen LogP contribution in [0.15, 0.2) is 18.2 Å². The Labute approximate surface area is 134 Å². The minimum absolute atomic E-state index is 0.0919. The Kier molecular flexibility index (Phi) is 3.37. The third-order valence-corrected chi connectivity index (χ3v) is 6.24. The van der Waals surface area contributed by atoms with Gasteiger partial charge >= 0.3 is 0 Å². The zero-order valence-corrected chi connectivity index (χ0v) is 13.7. The van der Waals surface area contributed by atoms with Gasteiger partial charge in [-0.25, -0.2) is 4.39 Å². The van der Waals surface area contributed by atoms with Crippen LogP contribution < -0.4 is 0 Å². The lowest BCUT2D eigenvalue weighted by atomic mass is 9.62. The number of likely N-dealkylation sites (tertiary alicyclic amines) is 1. The summed E-state index contributed by atoms with van der Waals surface area (Å²) in [4.78, 5) is 26.8. The maximum Gasteiger partial charge on any atom is 0.235 e. The lowest BCUT2D eigenvalue weighted by Gasteiger charge is -2.47. The van der Waals surface area contributed by atoms with Crippen molar-refractivity contribution in [1.82, 2.24) is 4.90 Å². The number of piperidine rings is 1. The molecule has 1 aliphatic heterocycles. The fraction of sp³-hybridized carbons (Fsp3) is 0.529. The van der Waals surface area contributed by atoms with E-state index in [4.69, 9.17) is 11.6 Å². The van der Waals surface area contributed by atoms with Crippen molar-refractivity contribution >= 4 is 23.4 Å². The van der Waals surface area contributed by atoms with Crippen LogP contribution in [0.3, 0.4) is 0 Å². The zero-order chi connectivity index (χ0) is 16.3. The van der Waals surface area contributed by atoms with E-state index in [-0.39, 0.29) is 40.3 Å². The van der Waals surface area contributed by atoms with Gasteiger partial charge in [-0.15, -0.1) is 0 Å². The average Bonchev–Trinajstić information content (AvgIpc) is 2.63. The molecule has 2 aliphatic rings. The molecule has 1 aliphatic carbocycles.